The zero-order chi connectivity index (χ0) is 21.8. The third-order valence-corrected chi connectivity index (χ3v) is 6.83. The molecule has 10 heteroatoms. The Balaban J connectivity index is 1.25. The van der Waals surface area contributed by atoms with Crippen molar-refractivity contribution in [1.29, 1.82) is 0 Å². The minimum atomic E-state index is -3.56. The van der Waals surface area contributed by atoms with Gasteiger partial charge in [0.05, 0.1) is 10.6 Å². The van der Waals surface area contributed by atoms with Crippen LogP contribution in [0.25, 0.3) is 10.6 Å². The molecule has 0 saturated carbocycles. The van der Waals surface area contributed by atoms with Crippen molar-refractivity contribution in [3.63, 3.8) is 0 Å². The van der Waals surface area contributed by atoms with Crippen molar-refractivity contribution in [3.05, 3.63) is 71.0 Å². The topological polar surface area (TPSA) is 97.7 Å². The molecule has 0 saturated heterocycles. The van der Waals surface area contributed by atoms with Crippen molar-refractivity contribution in [1.82, 2.24) is 9.71 Å². The van der Waals surface area contributed by atoms with Crippen LogP contribution in [0.2, 0.25) is 0 Å². The maximum absolute atomic E-state index is 13.0. The molecule has 0 fully saturated rings. The van der Waals surface area contributed by atoms with Crippen molar-refractivity contribution in [2.45, 2.75) is 24.3 Å². The van der Waals surface area contributed by atoms with E-state index in [9.17, 15) is 17.6 Å². The molecule has 0 radical (unpaired) electrons. The highest BCUT2D eigenvalue weighted by molar-refractivity contribution is 7.90. The standard InChI is InChI=1S/C21H18FN3O4S2/c22-15-9-7-14(8-10-15)21-24-16(13-30-21)12-29-19(26)6-3-11-23-20-17-4-1-2-5-18(17)31(27,28)25-20/h1-2,4-5,7-10,13H,3,6,11-12H2,(H,23,25). The highest BCUT2D eigenvalue weighted by Crippen LogP contribution is 2.24. The van der Waals surface area contributed by atoms with Gasteiger partial charge in [0.15, 0.2) is 0 Å². The molecule has 1 N–H and O–H groups in total. The van der Waals surface area contributed by atoms with Crippen molar-refractivity contribution >= 4 is 33.2 Å². The largest absolute Gasteiger partial charge is 0.459 e. The number of esters is 1. The van der Waals surface area contributed by atoms with E-state index in [0.29, 0.717) is 23.5 Å². The van der Waals surface area contributed by atoms with Crippen molar-refractivity contribution in [2.24, 2.45) is 4.99 Å². The van der Waals surface area contributed by atoms with Gasteiger partial charge in [0.25, 0.3) is 10.0 Å². The number of sulfonamides is 1. The van der Waals surface area contributed by atoms with E-state index in [4.69, 9.17) is 4.74 Å². The van der Waals surface area contributed by atoms with Gasteiger partial charge >= 0.3 is 5.97 Å². The van der Waals surface area contributed by atoms with E-state index >= 15 is 0 Å². The van der Waals surface area contributed by atoms with Gasteiger partial charge in [-0.2, -0.15) is 0 Å². The van der Waals surface area contributed by atoms with Crippen LogP contribution in [-0.2, 0) is 26.2 Å². The Kier molecular flexibility index (Phi) is 6.10. The monoisotopic (exact) mass is 459 g/mol. The maximum Gasteiger partial charge on any atom is 0.306 e. The lowest BCUT2D eigenvalue weighted by atomic mass is 10.2. The summed E-state index contributed by atoms with van der Waals surface area (Å²) in [6.45, 7) is 0.338. The normalized spacial score (nSPS) is 15.5. The number of carbonyl (C=O) groups excluding carboxylic acids is 1. The van der Waals surface area contributed by atoms with E-state index in [0.717, 1.165) is 10.6 Å². The van der Waals surface area contributed by atoms with Crippen LogP contribution < -0.4 is 4.72 Å². The van der Waals surface area contributed by atoms with Crippen molar-refractivity contribution in [3.8, 4) is 10.6 Å². The van der Waals surface area contributed by atoms with Gasteiger partial charge < -0.3 is 4.74 Å². The molecule has 0 bridgehead atoms. The highest BCUT2D eigenvalue weighted by atomic mass is 32.2. The molecule has 2 aromatic carbocycles. The summed E-state index contributed by atoms with van der Waals surface area (Å²) in [5, 5.41) is 2.52. The van der Waals surface area contributed by atoms with E-state index < -0.39 is 10.0 Å². The Morgan fingerprint density at radius 3 is 2.74 bits per heavy atom. The van der Waals surface area contributed by atoms with Crippen LogP contribution in [-0.4, -0.2) is 31.8 Å². The molecular formula is C21H18FN3O4S2. The molecule has 0 spiro atoms. The second kappa shape index (κ2) is 8.94. The van der Waals surface area contributed by atoms with Crippen LogP contribution in [0.4, 0.5) is 4.39 Å². The van der Waals surface area contributed by atoms with Gasteiger partial charge in [-0.05, 0) is 42.8 Å². The summed E-state index contributed by atoms with van der Waals surface area (Å²) in [6.07, 6.45) is 0.574. The third-order valence-electron chi connectivity index (χ3n) is 4.50. The molecule has 1 aromatic heterocycles. The lowest BCUT2D eigenvalue weighted by molar-refractivity contribution is -0.145. The van der Waals surface area contributed by atoms with E-state index in [-0.39, 0.29) is 36.3 Å². The summed E-state index contributed by atoms with van der Waals surface area (Å²) in [6, 6.07) is 12.6. The molecule has 1 aliphatic heterocycles. The second-order valence-corrected chi connectivity index (χ2v) is 9.26. The predicted octanol–water partition coefficient (Wildman–Crippen LogP) is 3.51. The number of hydrogen-bond donors (Lipinski definition) is 1. The zero-order valence-electron chi connectivity index (χ0n) is 16.2. The molecule has 0 atom stereocenters. The lowest BCUT2D eigenvalue weighted by Crippen LogP contribution is -2.22. The summed E-state index contributed by atoms with van der Waals surface area (Å²) < 4.78 is 44.8. The van der Waals surface area contributed by atoms with Crippen LogP contribution in [0, 0.1) is 5.82 Å². The number of carbonyl (C=O) groups is 1. The molecule has 0 unspecified atom stereocenters. The van der Waals surface area contributed by atoms with Crippen LogP contribution in [0.3, 0.4) is 0 Å². The quantitative estimate of drug-likeness (QED) is 0.431. The number of ether oxygens (including phenoxy) is 1. The Hall–Kier alpha value is -3.11. The van der Waals surface area contributed by atoms with Gasteiger partial charge in [-0.15, -0.1) is 11.3 Å². The number of rotatable bonds is 7. The number of aliphatic imine (C=N–C) groups is 1. The first-order chi connectivity index (χ1) is 14.9. The van der Waals surface area contributed by atoms with Gasteiger partial charge in [0, 0.05) is 29.5 Å². The summed E-state index contributed by atoms with van der Waals surface area (Å²) in [4.78, 5) is 20.9. The smallest absolute Gasteiger partial charge is 0.306 e. The van der Waals surface area contributed by atoms with Crippen molar-refractivity contribution < 1.29 is 22.3 Å². The van der Waals surface area contributed by atoms with E-state index in [1.165, 1.54) is 29.5 Å². The van der Waals surface area contributed by atoms with Gasteiger partial charge in [0.2, 0.25) is 0 Å². The molecule has 1 aliphatic rings. The number of benzene rings is 2. The first-order valence-corrected chi connectivity index (χ1v) is 11.8. The molecule has 31 heavy (non-hydrogen) atoms. The Bertz CT molecular complexity index is 1240. The number of halogens is 1. The summed E-state index contributed by atoms with van der Waals surface area (Å²) in [5.41, 5.74) is 1.95. The van der Waals surface area contributed by atoms with Crippen LogP contribution >= 0.6 is 11.3 Å². The number of nitrogens with zero attached hydrogens (tertiary/aromatic N) is 2. The third kappa shape index (κ3) is 4.97. The first kappa shape index (κ1) is 21.1. The fraction of sp³-hybridized carbons (Fsp3) is 0.190. The van der Waals surface area contributed by atoms with E-state index in [1.54, 1.807) is 35.7 Å². The van der Waals surface area contributed by atoms with Crippen molar-refractivity contribution in [2.75, 3.05) is 6.54 Å². The molecule has 3 aromatic rings. The number of thiazole rings is 1. The minimum Gasteiger partial charge on any atom is -0.459 e. The van der Waals surface area contributed by atoms with Gasteiger partial charge in [-0.3, -0.25) is 14.5 Å². The van der Waals surface area contributed by atoms with E-state index in [1.807, 2.05) is 0 Å². The summed E-state index contributed by atoms with van der Waals surface area (Å²) >= 11 is 1.39. The Morgan fingerprint density at radius 1 is 1.16 bits per heavy atom. The van der Waals surface area contributed by atoms with Gasteiger partial charge in [0.1, 0.15) is 23.3 Å². The van der Waals surface area contributed by atoms with Crippen LogP contribution in [0.5, 0.6) is 0 Å². The number of aromatic nitrogens is 1. The molecule has 2 heterocycles. The zero-order valence-corrected chi connectivity index (χ0v) is 17.9. The molecule has 160 valence electrons. The first-order valence-electron chi connectivity index (χ1n) is 9.45. The SMILES string of the molecule is O=C(CCCN=C1NS(=O)(=O)c2ccccc21)OCc1csc(-c2ccc(F)cc2)n1. The highest BCUT2D eigenvalue weighted by Gasteiger charge is 2.29. The maximum atomic E-state index is 13.0. The average Bonchev–Trinajstić information content (AvgIpc) is 3.33. The summed E-state index contributed by atoms with van der Waals surface area (Å²) in [5.74, 6) is -0.405. The number of amidine groups is 1. The molecule has 7 nitrogen and oxygen atoms in total. The van der Waals surface area contributed by atoms with Crippen LogP contribution in [0.1, 0.15) is 24.1 Å². The molecule has 4 rings (SSSR count). The molecule has 0 amide bonds. The van der Waals surface area contributed by atoms with Crippen LogP contribution in [0.15, 0.2) is 63.8 Å². The van der Waals surface area contributed by atoms with Gasteiger partial charge in [-0.1, -0.05) is 12.1 Å². The number of fused-ring (bicyclic) bond motifs is 1. The predicted molar refractivity (Wildman–Crippen MR) is 115 cm³/mol. The minimum absolute atomic E-state index is 0.0538. The molecular weight excluding hydrogens is 441 g/mol. The lowest BCUT2D eigenvalue weighted by Gasteiger charge is -2.03. The Morgan fingerprint density at radius 2 is 1.94 bits per heavy atom. The van der Waals surface area contributed by atoms with Gasteiger partial charge in [-0.25, -0.2) is 17.8 Å². The average molecular weight is 460 g/mol. The fourth-order valence-electron chi connectivity index (χ4n) is 2.99. The number of nitrogens with one attached hydrogen (secondary N) is 1. The fourth-order valence-corrected chi connectivity index (χ4v) is 5.05. The second-order valence-electron chi connectivity index (χ2n) is 6.75. The summed E-state index contributed by atoms with van der Waals surface area (Å²) in [7, 11) is -3.56. The number of hydrogen-bond acceptors (Lipinski definition) is 7. The Labute approximate surface area is 182 Å². The van der Waals surface area contributed by atoms with E-state index in [2.05, 4.69) is 14.7 Å². The molecule has 0 aliphatic carbocycles.